The second-order valence-corrected chi connectivity index (χ2v) is 6.01. The minimum Gasteiger partial charge on any atom is -0.362 e. The fourth-order valence-corrected chi connectivity index (χ4v) is 2.65. The summed E-state index contributed by atoms with van der Waals surface area (Å²) in [6.07, 6.45) is 0. The van der Waals surface area contributed by atoms with E-state index in [1.165, 1.54) is 5.56 Å². The molecule has 3 rings (SSSR count). The zero-order valence-corrected chi connectivity index (χ0v) is 13.6. The monoisotopic (exact) mass is 341 g/mol. The molecular weight excluding hydrogens is 326 g/mol. The van der Waals surface area contributed by atoms with E-state index in [9.17, 15) is 0 Å². The highest BCUT2D eigenvalue weighted by Crippen LogP contribution is 2.26. The van der Waals surface area contributed by atoms with Crippen molar-refractivity contribution in [3.8, 4) is 0 Å². The van der Waals surface area contributed by atoms with E-state index in [2.05, 4.69) is 62.6 Å². The molecule has 0 amide bonds. The van der Waals surface area contributed by atoms with Gasteiger partial charge in [-0.1, -0.05) is 52.3 Å². The standard InChI is InChI=1S/C17H16BrN3/c1-11(13-7-9-14(18)10-8-13)19-17-16-6-4-3-5-15(16)12(2)20-21-17/h3-11H,1-2H3,(H,19,21). The predicted octanol–water partition coefficient (Wildman–Crippen LogP) is 4.87. The van der Waals surface area contributed by atoms with Crippen LogP contribution in [0.5, 0.6) is 0 Å². The summed E-state index contributed by atoms with van der Waals surface area (Å²) in [6.45, 7) is 4.11. The number of nitrogens with one attached hydrogen (secondary N) is 1. The number of hydrogen-bond donors (Lipinski definition) is 1. The van der Waals surface area contributed by atoms with Gasteiger partial charge in [-0.15, -0.1) is 5.10 Å². The SMILES string of the molecule is Cc1nnc(NC(C)c2ccc(Br)cc2)c2ccccc12. The van der Waals surface area contributed by atoms with Crippen LogP contribution in [0.4, 0.5) is 5.82 Å². The maximum atomic E-state index is 4.32. The van der Waals surface area contributed by atoms with Gasteiger partial charge in [0.1, 0.15) is 0 Å². The first-order valence-electron chi connectivity index (χ1n) is 6.89. The van der Waals surface area contributed by atoms with Gasteiger partial charge in [0.25, 0.3) is 0 Å². The van der Waals surface area contributed by atoms with Crippen molar-refractivity contribution in [3.63, 3.8) is 0 Å². The van der Waals surface area contributed by atoms with Crippen LogP contribution >= 0.6 is 15.9 Å². The fourth-order valence-electron chi connectivity index (χ4n) is 2.38. The number of fused-ring (bicyclic) bond motifs is 1. The van der Waals surface area contributed by atoms with Crippen molar-refractivity contribution >= 4 is 32.5 Å². The van der Waals surface area contributed by atoms with Gasteiger partial charge in [-0.25, -0.2) is 0 Å². The summed E-state index contributed by atoms with van der Waals surface area (Å²) < 4.78 is 1.08. The third kappa shape index (κ3) is 2.90. The maximum absolute atomic E-state index is 4.32. The molecule has 0 aliphatic carbocycles. The van der Waals surface area contributed by atoms with E-state index in [4.69, 9.17) is 0 Å². The zero-order valence-electron chi connectivity index (χ0n) is 12.0. The van der Waals surface area contributed by atoms with E-state index in [0.29, 0.717) is 0 Å². The van der Waals surface area contributed by atoms with Crippen molar-refractivity contribution in [1.29, 1.82) is 0 Å². The van der Waals surface area contributed by atoms with Crippen LogP contribution in [0.3, 0.4) is 0 Å². The predicted molar refractivity (Wildman–Crippen MR) is 90.5 cm³/mol. The van der Waals surface area contributed by atoms with Gasteiger partial charge in [-0.3, -0.25) is 0 Å². The van der Waals surface area contributed by atoms with Crippen LogP contribution in [-0.2, 0) is 0 Å². The molecule has 2 aromatic carbocycles. The molecular formula is C17H16BrN3. The fraction of sp³-hybridized carbons (Fsp3) is 0.176. The molecule has 0 spiro atoms. The molecule has 3 aromatic rings. The second kappa shape index (κ2) is 5.82. The number of halogens is 1. The number of anilines is 1. The Balaban J connectivity index is 1.95. The Bertz CT molecular complexity index is 769. The molecule has 0 radical (unpaired) electrons. The molecule has 106 valence electrons. The van der Waals surface area contributed by atoms with Gasteiger partial charge < -0.3 is 5.32 Å². The topological polar surface area (TPSA) is 37.8 Å². The summed E-state index contributed by atoms with van der Waals surface area (Å²) >= 11 is 3.46. The molecule has 1 heterocycles. The summed E-state index contributed by atoms with van der Waals surface area (Å²) in [5.74, 6) is 0.826. The maximum Gasteiger partial charge on any atom is 0.157 e. The Morgan fingerprint density at radius 2 is 1.62 bits per heavy atom. The van der Waals surface area contributed by atoms with Crippen molar-refractivity contribution in [2.45, 2.75) is 19.9 Å². The van der Waals surface area contributed by atoms with Crippen molar-refractivity contribution in [2.24, 2.45) is 0 Å². The first-order chi connectivity index (χ1) is 10.1. The summed E-state index contributed by atoms with van der Waals surface area (Å²) in [6, 6.07) is 16.7. The van der Waals surface area contributed by atoms with Crippen molar-refractivity contribution < 1.29 is 0 Å². The van der Waals surface area contributed by atoms with Crippen LogP contribution in [0.25, 0.3) is 10.8 Å². The average Bonchev–Trinajstić information content (AvgIpc) is 2.51. The molecule has 21 heavy (non-hydrogen) atoms. The van der Waals surface area contributed by atoms with E-state index in [1.807, 2.05) is 31.2 Å². The molecule has 1 unspecified atom stereocenters. The zero-order chi connectivity index (χ0) is 14.8. The van der Waals surface area contributed by atoms with E-state index in [-0.39, 0.29) is 6.04 Å². The minimum absolute atomic E-state index is 0.165. The minimum atomic E-state index is 0.165. The average molecular weight is 342 g/mol. The van der Waals surface area contributed by atoms with Crippen LogP contribution in [0.1, 0.15) is 24.2 Å². The number of aryl methyl sites for hydroxylation is 1. The van der Waals surface area contributed by atoms with Crippen LogP contribution in [0, 0.1) is 6.92 Å². The molecule has 4 heteroatoms. The number of rotatable bonds is 3. The Morgan fingerprint density at radius 3 is 2.33 bits per heavy atom. The summed E-state index contributed by atoms with van der Waals surface area (Å²) in [7, 11) is 0. The Morgan fingerprint density at radius 1 is 0.952 bits per heavy atom. The number of aromatic nitrogens is 2. The van der Waals surface area contributed by atoms with Crippen LogP contribution < -0.4 is 5.32 Å². The Labute approximate surface area is 132 Å². The second-order valence-electron chi connectivity index (χ2n) is 5.10. The van der Waals surface area contributed by atoms with Crippen molar-refractivity contribution in [3.05, 3.63) is 64.3 Å². The van der Waals surface area contributed by atoms with E-state index in [1.54, 1.807) is 0 Å². The van der Waals surface area contributed by atoms with Crippen LogP contribution in [0.2, 0.25) is 0 Å². The molecule has 1 N–H and O–H groups in total. The van der Waals surface area contributed by atoms with Crippen LogP contribution in [0.15, 0.2) is 53.0 Å². The number of nitrogens with zero attached hydrogens (tertiary/aromatic N) is 2. The van der Waals surface area contributed by atoms with Crippen molar-refractivity contribution in [1.82, 2.24) is 10.2 Å². The molecule has 0 saturated heterocycles. The molecule has 0 fully saturated rings. The Hall–Kier alpha value is -1.94. The summed E-state index contributed by atoms with van der Waals surface area (Å²) in [5, 5.41) is 14.3. The highest BCUT2D eigenvalue weighted by Gasteiger charge is 2.10. The van der Waals surface area contributed by atoms with Crippen molar-refractivity contribution in [2.75, 3.05) is 5.32 Å². The van der Waals surface area contributed by atoms with Gasteiger partial charge in [-0.2, -0.15) is 5.10 Å². The highest BCUT2D eigenvalue weighted by atomic mass is 79.9. The van der Waals surface area contributed by atoms with E-state index in [0.717, 1.165) is 26.8 Å². The van der Waals surface area contributed by atoms with Gasteiger partial charge in [0, 0.05) is 15.2 Å². The lowest BCUT2D eigenvalue weighted by Crippen LogP contribution is -2.09. The van der Waals surface area contributed by atoms with Gasteiger partial charge >= 0.3 is 0 Å². The third-order valence-electron chi connectivity index (χ3n) is 3.60. The molecule has 0 aliphatic rings. The third-order valence-corrected chi connectivity index (χ3v) is 4.12. The molecule has 1 aromatic heterocycles. The Kier molecular flexibility index (Phi) is 3.88. The summed E-state index contributed by atoms with van der Waals surface area (Å²) in [4.78, 5) is 0. The van der Waals surface area contributed by atoms with E-state index >= 15 is 0 Å². The van der Waals surface area contributed by atoms with Gasteiger partial charge in [0.2, 0.25) is 0 Å². The molecule has 0 aliphatic heterocycles. The lowest BCUT2D eigenvalue weighted by Gasteiger charge is -2.16. The molecule has 0 saturated carbocycles. The lowest BCUT2D eigenvalue weighted by molar-refractivity contribution is 0.861. The smallest absolute Gasteiger partial charge is 0.157 e. The quantitative estimate of drug-likeness (QED) is 0.738. The number of benzene rings is 2. The highest BCUT2D eigenvalue weighted by molar-refractivity contribution is 9.10. The lowest BCUT2D eigenvalue weighted by atomic mass is 10.1. The number of hydrogen-bond acceptors (Lipinski definition) is 3. The first kappa shape index (κ1) is 14.0. The normalized spacial score (nSPS) is 12.3. The first-order valence-corrected chi connectivity index (χ1v) is 7.68. The van der Waals surface area contributed by atoms with E-state index < -0.39 is 0 Å². The van der Waals surface area contributed by atoms with Gasteiger partial charge in [0.05, 0.1) is 11.7 Å². The van der Waals surface area contributed by atoms with Gasteiger partial charge in [-0.05, 0) is 31.5 Å². The van der Waals surface area contributed by atoms with Crippen LogP contribution in [-0.4, -0.2) is 10.2 Å². The molecule has 1 atom stereocenters. The largest absolute Gasteiger partial charge is 0.362 e. The van der Waals surface area contributed by atoms with Gasteiger partial charge in [0.15, 0.2) is 5.82 Å². The molecule has 0 bridgehead atoms. The molecule has 3 nitrogen and oxygen atoms in total. The summed E-state index contributed by atoms with van der Waals surface area (Å²) in [5.41, 5.74) is 2.16.